The Balaban J connectivity index is 3.28. The van der Waals surface area contributed by atoms with Crippen molar-refractivity contribution in [3.8, 4) is 0 Å². The zero-order valence-corrected chi connectivity index (χ0v) is 8.15. The first kappa shape index (κ1) is 11.3. The lowest BCUT2D eigenvalue weighted by Gasteiger charge is -2.14. The highest BCUT2D eigenvalue weighted by Gasteiger charge is 2.33. The molecule has 0 aromatic heterocycles. The summed E-state index contributed by atoms with van der Waals surface area (Å²) in [6, 6.07) is 3.22. The molecule has 0 saturated heterocycles. The van der Waals surface area contributed by atoms with E-state index in [1.807, 2.05) is 0 Å². The Morgan fingerprint density at radius 3 is 2.36 bits per heavy atom. The van der Waals surface area contributed by atoms with Crippen molar-refractivity contribution in [2.45, 2.75) is 19.1 Å². The topological polar surface area (TPSA) is 26.0 Å². The van der Waals surface area contributed by atoms with Crippen molar-refractivity contribution < 1.29 is 13.2 Å². The van der Waals surface area contributed by atoms with E-state index in [4.69, 9.17) is 17.3 Å². The Kier molecular flexibility index (Phi) is 3.07. The van der Waals surface area contributed by atoms with E-state index in [0.717, 1.165) is 6.07 Å². The SMILES string of the molecule is C[C@H](N)c1cccc(C(F)(F)F)c1Cl. The van der Waals surface area contributed by atoms with Crippen LogP contribution in [0.3, 0.4) is 0 Å². The lowest BCUT2D eigenvalue weighted by molar-refractivity contribution is -0.137. The average Bonchev–Trinajstić information content (AvgIpc) is 2.01. The number of nitrogens with two attached hydrogens (primary N) is 1. The van der Waals surface area contributed by atoms with Gasteiger partial charge in [-0.15, -0.1) is 0 Å². The molecule has 1 nitrogen and oxygen atoms in total. The Morgan fingerprint density at radius 1 is 1.36 bits per heavy atom. The first-order valence-electron chi connectivity index (χ1n) is 3.95. The van der Waals surface area contributed by atoms with Crippen molar-refractivity contribution in [1.29, 1.82) is 0 Å². The first-order valence-corrected chi connectivity index (χ1v) is 4.33. The number of hydrogen-bond acceptors (Lipinski definition) is 1. The molecule has 0 unspecified atom stereocenters. The van der Waals surface area contributed by atoms with Crippen molar-refractivity contribution in [2.24, 2.45) is 5.73 Å². The molecule has 0 aliphatic rings. The van der Waals surface area contributed by atoms with Crippen molar-refractivity contribution in [3.05, 3.63) is 34.3 Å². The fraction of sp³-hybridized carbons (Fsp3) is 0.333. The molecule has 0 aliphatic heterocycles. The molecule has 0 heterocycles. The van der Waals surface area contributed by atoms with Crippen LogP contribution in [0.1, 0.15) is 24.1 Å². The van der Waals surface area contributed by atoms with E-state index in [-0.39, 0.29) is 5.02 Å². The van der Waals surface area contributed by atoms with E-state index in [1.165, 1.54) is 12.1 Å². The van der Waals surface area contributed by atoms with Crippen LogP contribution in [-0.4, -0.2) is 0 Å². The highest BCUT2D eigenvalue weighted by atomic mass is 35.5. The standard InChI is InChI=1S/C9H9ClF3N/c1-5(14)6-3-2-4-7(8(6)10)9(11,12)13/h2-5H,14H2,1H3/t5-/m0/s1. The van der Waals surface area contributed by atoms with E-state index in [1.54, 1.807) is 6.92 Å². The minimum absolute atomic E-state index is 0.307. The minimum Gasteiger partial charge on any atom is -0.324 e. The summed E-state index contributed by atoms with van der Waals surface area (Å²) < 4.78 is 37.1. The van der Waals surface area contributed by atoms with Gasteiger partial charge in [-0.2, -0.15) is 13.2 Å². The highest BCUT2D eigenvalue weighted by Crippen LogP contribution is 2.37. The zero-order chi connectivity index (χ0) is 10.9. The van der Waals surface area contributed by atoms with Gasteiger partial charge in [0, 0.05) is 6.04 Å². The number of benzene rings is 1. The minimum atomic E-state index is -4.43. The summed E-state index contributed by atoms with van der Waals surface area (Å²) in [5, 5.41) is -0.310. The van der Waals surface area contributed by atoms with Gasteiger partial charge in [-0.3, -0.25) is 0 Å². The van der Waals surface area contributed by atoms with Gasteiger partial charge in [-0.25, -0.2) is 0 Å². The second kappa shape index (κ2) is 3.79. The predicted octanol–water partition coefficient (Wildman–Crippen LogP) is 3.38. The Labute approximate surface area is 84.7 Å². The molecular formula is C9H9ClF3N. The Bertz CT molecular complexity index is 333. The van der Waals surface area contributed by atoms with E-state index in [0.29, 0.717) is 5.56 Å². The third kappa shape index (κ3) is 2.19. The quantitative estimate of drug-likeness (QED) is 0.776. The molecule has 2 N–H and O–H groups in total. The van der Waals surface area contributed by atoms with Crippen LogP contribution in [0.2, 0.25) is 5.02 Å². The molecule has 1 aromatic carbocycles. The fourth-order valence-electron chi connectivity index (χ4n) is 1.12. The van der Waals surface area contributed by atoms with Crippen LogP contribution in [0.25, 0.3) is 0 Å². The number of hydrogen-bond donors (Lipinski definition) is 1. The van der Waals surface area contributed by atoms with Crippen molar-refractivity contribution >= 4 is 11.6 Å². The van der Waals surface area contributed by atoms with Crippen LogP contribution in [-0.2, 0) is 6.18 Å². The molecule has 5 heteroatoms. The van der Waals surface area contributed by atoms with Gasteiger partial charge in [0.25, 0.3) is 0 Å². The molecule has 0 spiro atoms. The number of alkyl halides is 3. The molecule has 0 bridgehead atoms. The second-order valence-electron chi connectivity index (χ2n) is 3.00. The number of halogens is 4. The van der Waals surface area contributed by atoms with Gasteiger partial charge in [-0.1, -0.05) is 23.7 Å². The van der Waals surface area contributed by atoms with Crippen LogP contribution in [0.15, 0.2) is 18.2 Å². The van der Waals surface area contributed by atoms with E-state index >= 15 is 0 Å². The molecule has 0 radical (unpaired) electrons. The molecule has 0 saturated carbocycles. The van der Waals surface area contributed by atoms with Gasteiger partial charge in [0.05, 0.1) is 10.6 Å². The van der Waals surface area contributed by atoms with Crippen molar-refractivity contribution in [3.63, 3.8) is 0 Å². The average molecular weight is 224 g/mol. The maximum absolute atomic E-state index is 12.4. The summed E-state index contributed by atoms with van der Waals surface area (Å²) in [6.45, 7) is 1.58. The molecule has 1 aromatic rings. The van der Waals surface area contributed by atoms with Crippen molar-refractivity contribution in [2.75, 3.05) is 0 Å². The maximum atomic E-state index is 12.4. The molecule has 0 aliphatic carbocycles. The van der Waals surface area contributed by atoms with Gasteiger partial charge in [0.2, 0.25) is 0 Å². The largest absolute Gasteiger partial charge is 0.417 e. The van der Waals surface area contributed by atoms with Gasteiger partial charge in [0.15, 0.2) is 0 Å². The summed E-state index contributed by atoms with van der Waals surface area (Å²) in [7, 11) is 0. The van der Waals surface area contributed by atoms with E-state index in [2.05, 4.69) is 0 Å². The zero-order valence-electron chi connectivity index (χ0n) is 7.40. The highest BCUT2D eigenvalue weighted by molar-refractivity contribution is 6.32. The summed E-state index contributed by atoms with van der Waals surface area (Å²) >= 11 is 5.59. The molecule has 1 atom stereocenters. The van der Waals surface area contributed by atoms with Gasteiger partial charge in [0.1, 0.15) is 0 Å². The fourth-order valence-corrected chi connectivity index (χ4v) is 1.53. The Morgan fingerprint density at radius 2 is 1.93 bits per heavy atom. The van der Waals surface area contributed by atoms with Crippen LogP contribution in [0.4, 0.5) is 13.2 Å². The predicted molar refractivity (Wildman–Crippen MR) is 49.1 cm³/mol. The van der Waals surface area contributed by atoms with E-state index in [9.17, 15) is 13.2 Å². The lowest BCUT2D eigenvalue weighted by atomic mass is 10.1. The van der Waals surface area contributed by atoms with Gasteiger partial charge in [-0.05, 0) is 18.6 Å². The third-order valence-corrected chi connectivity index (χ3v) is 2.25. The van der Waals surface area contributed by atoms with Crippen LogP contribution in [0.5, 0.6) is 0 Å². The Hall–Kier alpha value is -0.740. The number of rotatable bonds is 1. The smallest absolute Gasteiger partial charge is 0.324 e. The monoisotopic (exact) mass is 223 g/mol. The summed E-state index contributed by atoms with van der Waals surface area (Å²) in [5.74, 6) is 0. The van der Waals surface area contributed by atoms with Crippen LogP contribution >= 0.6 is 11.6 Å². The molecule has 0 amide bonds. The van der Waals surface area contributed by atoms with Gasteiger partial charge >= 0.3 is 6.18 Å². The first-order chi connectivity index (χ1) is 6.34. The molecule has 1 rings (SSSR count). The normalized spacial score (nSPS) is 14.1. The van der Waals surface area contributed by atoms with Crippen LogP contribution < -0.4 is 5.73 Å². The molecular weight excluding hydrogens is 215 g/mol. The second-order valence-corrected chi connectivity index (χ2v) is 3.37. The molecule has 78 valence electrons. The molecule has 14 heavy (non-hydrogen) atoms. The van der Waals surface area contributed by atoms with E-state index < -0.39 is 17.8 Å². The maximum Gasteiger partial charge on any atom is 0.417 e. The summed E-state index contributed by atoms with van der Waals surface area (Å²) in [5.41, 5.74) is 4.94. The molecule has 0 fully saturated rings. The summed E-state index contributed by atoms with van der Waals surface area (Å²) in [4.78, 5) is 0. The third-order valence-electron chi connectivity index (χ3n) is 1.82. The van der Waals surface area contributed by atoms with Crippen molar-refractivity contribution in [1.82, 2.24) is 0 Å². The summed E-state index contributed by atoms with van der Waals surface area (Å²) in [6.07, 6.45) is -4.43. The van der Waals surface area contributed by atoms with Crippen LogP contribution in [0, 0.1) is 0 Å². The van der Waals surface area contributed by atoms with Gasteiger partial charge < -0.3 is 5.73 Å². The lowest BCUT2D eigenvalue weighted by Crippen LogP contribution is -2.11.